The fourth-order valence-corrected chi connectivity index (χ4v) is 3.00. The lowest BCUT2D eigenvalue weighted by atomic mass is 10.1. The number of hydrogen-bond acceptors (Lipinski definition) is 5. The number of thiazole rings is 1. The van der Waals surface area contributed by atoms with Gasteiger partial charge in [-0.2, -0.15) is 0 Å². The van der Waals surface area contributed by atoms with Gasteiger partial charge in [-0.15, -0.1) is 11.3 Å². The normalized spacial score (nSPS) is 13.0. The fraction of sp³-hybridized carbons (Fsp3) is 0.643. The maximum absolute atomic E-state index is 6.15. The Morgan fingerprint density at radius 3 is 2.95 bits per heavy atom. The molecule has 0 bridgehead atoms. The molecule has 0 saturated heterocycles. The Balaban J connectivity index is 2.34. The van der Waals surface area contributed by atoms with Crippen molar-refractivity contribution in [3.63, 3.8) is 0 Å². The molecule has 2 rings (SSSR count). The van der Waals surface area contributed by atoms with Crippen molar-refractivity contribution in [1.82, 2.24) is 9.38 Å². The largest absolute Gasteiger partial charge is 0.383 e. The van der Waals surface area contributed by atoms with Crippen molar-refractivity contribution in [3.05, 3.63) is 17.3 Å². The van der Waals surface area contributed by atoms with E-state index in [9.17, 15) is 0 Å². The van der Waals surface area contributed by atoms with E-state index in [1.54, 1.807) is 18.4 Å². The first-order chi connectivity index (χ1) is 9.71. The summed E-state index contributed by atoms with van der Waals surface area (Å²) in [6.07, 6.45) is 3.91. The smallest absolute Gasteiger partial charge is 0.195 e. The van der Waals surface area contributed by atoms with E-state index in [4.69, 9.17) is 15.5 Å². The highest BCUT2D eigenvalue weighted by Gasteiger charge is 2.19. The summed E-state index contributed by atoms with van der Waals surface area (Å²) in [5.41, 5.74) is 7.37. The molecule has 1 atom stereocenters. The summed E-state index contributed by atoms with van der Waals surface area (Å²) < 4.78 is 7.37. The molecule has 20 heavy (non-hydrogen) atoms. The predicted octanol–water partition coefficient (Wildman–Crippen LogP) is 2.15. The van der Waals surface area contributed by atoms with E-state index in [0.29, 0.717) is 6.61 Å². The molecule has 112 valence electrons. The number of ether oxygens (including phenoxy) is 1. The molecule has 0 fully saturated rings. The number of anilines is 1. The second-order valence-electron chi connectivity index (χ2n) is 4.88. The molecule has 2 N–H and O–H groups in total. The molecule has 6 heteroatoms. The Bertz CT molecular complexity index is 536. The van der Waals surface area contributed by atoms with Crippen LogP contribution in [-0.2, 0) is 11.2 Å². The molecular formula is C14H24N4OS. The van der Waals surface area contributed by atoms with Crippen LogP contribution in [0.3, 0.4) is 0 Å². The van der Waals surface area contributed by atoms with Crippen molar-refractivity contribution in [2.24, 2.45) is 5.73 Å². The number of nitrogens with zero attached hydrogens (tertiary/aromatic N) is 3. The van der Waals surface area contributed by atoms with Crippen molar-refractivity contribution in [1.29, 1.82) is 0 Å². The number of imidazole rings is 1. The second-order valence-corrected chi connectivity index (χ2v) is 5.76. The van der Waals surface area contributed by atoms with Crippen LogP contribution in [-0.4, -0.2) is 42.2 Å². The van der Waals surface area contributed by atoms with Gasteiger partial charge in [0.05, 0.1) is 12.3 Å². The van der Waals surface area contributed by atoms with E-state index in [0.717, 1.165) is 36.7 Å². The number of rotatable bonds is 8. The maximum Gasteiger partial charge on any atom is 0.195 e. The van der Waals surface area contributed by atoms with Crippen molar-refractivity contribution in [2.75, 3.05) is 31.7 Å². The third kappa shape index (κ3) is 3.13. The van der Waals surface area contributed by atoms with Gasteiger partial charge in [0, 0.05) is 44.2 Å². The highest BCUT2D eigenvalue weighted by atomic mass is 32.1. The standard InChI is InChI=1S/C14H24N4OS/c1-4-11(15)10-12-13(17(5-2)6-8-19-3)16-14-18(12)7-9-20-14/h7,9,11H,4-6,8,10,15H2,1-3H3. The van der Waals surface area contributed by atoms with Crippen LogP contribution in [0.25, 0.3) is 4.96 Å². The molecule has 0 spiro atoms. The van der Waals surface area contributed by atoms with Crippen molar-refractivity contribution < 1.29 is 4.74 Å². The Morgan fingerprint density at radius 1 is 1.50 bits per heavy atom. The predicted molar refractivity (Wildman–Crippen MR) is 84.8 cm³/mol. The van der Waals surface area contributed by atoms with Crippen LogP contribution in [0.5, 0.6) is 0 Å². The molecule has 1 unspecified atom stereocenters. The first kappa shape index (κ1) is 15.3. The summed E-state index contributed by atoms with van der Waals surface area (Å²) in [6, 6.07) is 0.176. The summed E-state index contributed by atoms with van der Waals surface area (Å²) >= 11 is 1.66. The molecule has 2 aromatic rings. The van der Waals surface area contributed by atoms with Gasteiger partial charge < -0.3 is 15.4 Å². The Kier molecular flexibility index (Phi) is 5.39. The lowest BCUT2D eigenvalue weighted by Crippen LogP contribution is -2.30. The van der Waals surface area contributed by atoms with Crippen LogP contribution in [0.1, 0.15) is 26.0 Å². The molecule has 2 aromatic heterocycles. The quantitative estimate of drug-likeness (QED) is 0.811. The van der Waals surface area contributed by atoms with Gasteiger partial charge in [0.15, 0.2) is 10.8 Å². The van der Waals surface area contributed by atoms with E-state index >= 15 is 0 Å². The molecule has 0 radical (unpaired) electrons. The van der Waals surface area contributed by atoms with E-state index in [1.165, 1.54) is 5.69 Å². The zero-order chi connectivity index (χ0) is 14.5. The summed E-state index contributed by atoms with van der Waals surface area (Å²) in [4.78, 5) is 8.08. The molecule has 0 saturated carbocycles. The lowest BCUT2D eigenvalue weighted by Gasteiger charge is -2.22. The van der Waals surface area contributed by atoms with Gasteiger partial charge in [-0.25, -0.2) is 4.98 Å². The van der Waals surface area contributed by atoms with Crippen LogP contribution in [0.15, 0.2) is 11.6 Å². The zero-order valence-corrected chi connectivity index (χ0v) is 13.3. The average molecular weight is 296 g/mol. The van der Waals surface area contributed by atoms with E-state index in [-0.39, 0.29) is 6.04 Å². The molecule has 2 heterocycles. The van der Waals surface area contributed by atoms with Gasteiger partial charge in [-0.1, -0.05) is 6.92 Å². The van der Waals surface area contributed by atoms with Crippen molar-refractivity contribution >= 4 is 22.1 Å². The second kappa shape index (κ2) is 7.06. The number of nitrogens with two attached hydrogens (primary N) is 1. The Labute approximate surface area is 124 Å². The van der Waals surface area contributed by atoms with Gasteiger partial charge in [0.2, 0.25) is 0 Å². The number of hydrogen-bond donors (Lipinski definition) is 1. The SMILES string of the molecule is CCC(N)Cc1c(N(CC)CCOC)nc2sccn12. The molecular weight excluding hydrogens is 272 g/mol. The van der Waals surface area contributed by atoms with Crippen LogP contribution in [0.4, 0.5) is 5.82 Å². The van der Waals surface area contributed by atoms with Gasteiger partial charge >= 0.3 is 0 Å². The highest BCUT2D eigenvalue weighted by molar-refractivity contribution is 7.15. The lowest BCUT2D eigenvalue weighted by molar-refractivity contribution is 0.205. The van der Waals surface area contributed by atoms with Crippen LogP contribution >= 0.6 is 11.3 Å². The topological polar surface area (TPSA) is 55.8 Å². The van der Waals surface area contributed by atoms with E-state index in [2.05, 4.69) is 34.7 Å². The Hall–Kier alpha value is -1.11. The monoisotopic (exact) mass is 296 g/mol. The third-order valence-electron chi connectivity index (χ3n) is 3.57. The minimum atomic E-state index is 0.176. The first-order valence-corrected chi connectivity index (χ1v) is 8.03. The molecule has 0 aromatic carbocycles. The highest BCUT2D eigenvalue weighted by Crippen LogP contribution is 2.26. The molecule has 0 amide bonds. The van der Waals surface area contributed by atoms with Gasteiger partial charge in [-0.3, -0.25) is 4.40 Å². The van der Waals surface area contributed by atoms with Gasteiger partial charge in [0.1, 0.15) is 0 Å². The number of methoxy groups -OCH3 is 1. The summed E-state index contributed by atoms with van der Waals surface area (Å²) in [6.45, 7) is 6.75. The Morgan fingerprint density at radius 2 is 2.30 bits per heavy atom. The van der Waals surface area contributed by atoms with E-state index in [1.807, 2.05) is 0 Å². The van der Waals surface area contributed by atoms with Gasteiger partial charge in [-0.05, 0) is 13.3 Å². The minimum absolute atomic E-state index is 0.176. The van der Waals surface area contributed by atoms with Crippen molar-refractivity contribution in [3.8, 4) is 0 Å². The van der Waals surface area contributed by atoms with Crippen LogP contribution < -0.4 is 10.6 Å². The van der Waals surface area contributed by atoms with Gasteiger partial charge in [0.25, 0.3) is 0 Å². The van der Waals surface area contributed by atoms with Crippen LogP contribution in [0.2, 0.25) is 0 Å². The van der Waals surface area contributed by atoms with Crippen LogP contribution in [0, 0.1) is 0 Å². The number of aromatic nitrogens is 2. The summed E-state index contributed by atoms with van der Waals surface area (Å²) in [7, 11) is 1.73. The van der Waals surface area contributed by atoms with E-state index < -0.39 is 0 Å². The van der Waals surface area contributed by atoms with Crippen molar-refractivity contribution in [2.45, 2.75) is 32.7 Å². The average Bonchev–Trinajstić information content (AvgIpc) is 3.03. The molecule has 0 aliphatic heterocycles. The third-order valence-corrected chi connectivity index (χ3v) is 4.32. The zero-order valence-electron chi connectivity index (χ0n) is 12.5. The summed E-state index contributed by atoms with van der Waals surface area (Å²) in [5.74, 6) is 1.06. The number of likely N-dealkylation sites (N-methyl/N-ethyl adjacent to an activating group) is 1. The minimum Gasteiger partial charge on any atom is -0.383 e. The first-order valence-electron chi connectivity index (χ1n) is 7.15. The summed E-state index contributed by atoms with van der Waals surface area (Å²) in [5, 5.41) is 2.07. The molecule has 0 aliphatic rings. The molecule has 0 aliphatic carbocycles. The molecule has 5 nitrogen and oxygen atoms in total. The number of fused-ring (bicyclic) bond motifs is 1. The fourth-order valence-electron chi connectivity index (χ4n) is 2.27. The maximum atomic E-state index is 6.15.